The van der Waals surface area contributed by atoms with Crippen molar-refractivity contribution >= 4 is 17.2 Å². The molecule has 0 unspecified atom stereocenters. The molecule has 2 aromatic rings. The lowest BCUT2D eigenvalue weighted by Crippen LogP contribution is -2.39. The number of hydrogen-bond donors (Lipinski definition) is 1. The Balaban J connectivity index is 1.52. The second kappa shape index (κ2) is 9.80. The van der Waals surface area contributed by atoms with E-state index in [1.165, 1.54) is 38.1 Å². The maximum absolute atomic E-state index is 13.1. The van der Waals surface area contributed by atoms with Crippen molar-refractivity contribution < 1.29 is 9.18 Å². The van der Waals surface area contributed by atoms with Gasteiger partial charge >= 0.3 is 0 Å². The predicted molar refractivity (Wildman–Crippen MR) is 104 cm³/mol. The van der Waals surface area contributed by atoms with E-state index in [4.69, 9.17) is 0 Å². The van der Waals surface area contributed by atoms with E-state index in [-0.39, 0.29) is 11.7 Å². The van der Waals surface area contributed by atoms with Crippen LogP contribution in [0.3, 0.4) is 0 Å². The van der Waals surface area contributed by atoms with Gasteiger partial charge in [0.1, 0.15) is 5.82 Å². The predicted octanol–water partition coefficient (Wildman–Crippen LogP) is 3.10. The summed E-state index contributed by atoms with van der Waals surface area (Å²) in [6.07, 6.45) is 2.57. The number of carbonyl (C=O) groups excluding carboxylic acids is 1. The van der Waals surface area contributed by atoms with E-state index in [0.717, 1.165) is 23.5 Å². The summed E-state index contributed by atoms with van der Waals surface area (Å²) in [6, 6.07) is 10.4. The van der Waals surface area contributed by atoms with Gasteiger partial charge in [0.05, 0.1) is 13.1 Å². The fourth-order valence-corrected chi connectivity index (χ4v) is 3.90. The van der Waals surface area contributed by atoms with Crippen LogP contribution >= 0.6 is 11.3 Å². The first kappa shape index (κ1) is 19.0. The van der Waals surface area contributed by atoms with E-state index < -0.39 is 0 Å². The van der Waals surface area contributed by atoms with Gasteiger partial charge < -0.3 is 15.1 Å². The van der Waals surface area contributed by atoms with Crippen molar-refractivity contribution in [2.24, 2.45) is 0 Å². The van der Waals surface area contributed by atoms with E-state index in [9.17, 15) is 9.18 Å². The minimum absolute atomic E-state index is 0.0733. The van der Waals surface area contributed by atoms with Gasteiger partial charge in [-0.3, -0.25) is 4.79 Å². The van der Waals surface area contributed by atoms with Crippen LogP contribution in [0.15, 0.2) is 41.8 Å². The summed E-state index contributed by atoms with van der Waals surface area (Å²) in [4.78, 5) is 18.1. The van der Waals surface area contributed by atoms with Crippen LogP contribution in [0.4, 0.5) is 4.39 Å². The highest BCUT2D eigenvalue weighted by molar-refractivity contribution is 7.09. The molecule has 140 valence electrons. The average molecular weight is 376 g/mol. The monoisotopic (exact) mass is 375 g/mol. The van der Waals surface area contributed by atoms with Crippen LogP contribution in [0.5, 0.6) is 0 Å². The molecule has 26 heavy (non-hydrogen) atoms. The molecule has 0 bridgehead atoms. The summed E-state index contributed by atoms with van der Waals surface area (Å²) >= 11 is 1.65. The van der Waals surface area contributed by atoms with E-state index in [0.29, 0.717) is 19.6 Å². The maximum atomic E-state index is 13.1. The zero-order valence-corrected chi connectivity index (χ0v) is 15.8. The van der Waals surface area contributed by atoms with E-state index in [1.54, 1.807) is 23.5 Å². The summed E-state index contributed by atoms with van der Waals surface area (Å²) in [6.45, 7) is 5.58. The molecule has 2 heterocycles. The number of likely N-dealkylation sites (tertiary alicyclic amines) is 1. The number of carbonyl (C=O) groups is 1. The zero-order valence-electron chi connectivity index (χ0n) is 15.0. The van der Waals surface area contributed by atoms with Gasteiger partial charge in [0, 0.05) is 24.5 Å². The summed E-state index contributed by atoms with van der Waals surface area (Å²) in [5, 5.41) is 5.30. The standard InChI is InChI=1S/C20H26FN3OS/c21-18-7-5-17(6-8-18)15-24(16-19-4-3-13-26-19)20(25)14-22-9-12-23-10-1-2-11-23/h3-8,13,22H,1-2,9-12,14-16H2. The molecule has 0 saturated carbocycles. The Morgan fingerprint density at radius 3 is 2.62 bits per heavy atom. The lowest BCUT2D eigenvalue weighted by molar-refractivity contribution is -0.131. The number of nitrogens with one attached hydrogen (secondary N) is 1. The lowest BCUT2D eigenvalue weighted by atomic mass is 10.2. The molecule has 0 atom stereocenters. The lowest BCUT2D eigenvalue weighted by Gasteiger charge is -2.23. The van der Waals surface area contributed by atoms with Gasteiger partial charge in [-0.1, -0.05) is 18.2 Å². The smallest absolute Gasteiger partial charge is 0.237 e. The molecule has 0 aliphatic carbocycles. The number of benzene rings is 1. The Kier molecular flexibility index (Phi) is 7.17. The molecule has 1 aliphatic heterocycles. The van der Waals surface area contributed by atoms with Gasteiger partial charge in [0.2, 0.25) is 5.91 Å². The normalized spacial score (nSPS) is 14.7. The second-order valence-corrected chi connectivity index (χ2v) is 7.71. The van der Waals surface area contributed by atoms with Crippen LogP contribution in [0.25, 0.3) is 0 Å². The van der Waals surface area contributed by atoms with Crippen LogP contribution in [-0.2, 0) is 17.9 Å². The van der Waals surface area contributed by atoms with E-state index >= 15 is 0 Å². The van der Waals surface area contributed by atoms with Crippen molar-refractivity contribution in [2.45, 2.75) is 25.9 Å². The highest BCUT2D eigenvalue weighted by Crippen LogP contribution is 2.15. The Morgan fingerprint density at radius 2 is 1.92 bits per heavy atom. The number of amides is 1. The molecule has 1 amide bonds. The van der Waals surface area contributed by atoms with Gasteiger partial charge in [-0.2, -0.15) is 0 Å². The largest absolute Gasteiger partial charge is 0.332 e. The highest BCUT2D eigenvalue weighted by Gasteiger charge is 2.16. The number of nitrogens with zero attached hydrogens (tertiary/aromatic N) is 2. The Hall–Kier alpha value is -1.76. The van der Waals surface area contributed by atoms with Crippen molar-refractivity contribution in [3.63, 3.8) is 0 Å². The molecular formula is C20H26FN3OS. The molecular weight excluding hydrogens is 349 g/mol. The molecule has 1 saturated heterocycles. The molecule has 4 nitrogen and oxygen atoms in total. The third-order valence-corrected chi connectivity index (χ3v) is 5.51. The SMILES string of the molecule is O=C(CNCCN1CCCC1)N(Cc1ccc(F)cc1)Cc1cccs1. The fraction of sp³-hybridized carbons (Fsp3) is 0.450. The Morgan fingerprint density at radius 1 is 1.15 bits per heavy atom. The first-order valence-electron chi connectivity index (χ1n) is 9.18. The van der Waals surface area contributed by atoms with Gasteiger partial charge in [-0.15, -0.1) is 11.3 Å². The fourth-order valence-electron chi connectivity index (χ4n) is 3.18. The molecule has 3 rings (SSSR count). The van der Waals surface area contributed by atoms with Crippen LogP contribution in [0, 0.1) is 5.82 Å². The van der Waals surface area contributed by atoms with Crippen LogP contribution in [-0.4, -0.2) is 48.4 Å². The number of halogens is 1. The molecule has 1 N–H and O–H groups in total. The van der Waals surface area contributed by atoms with Crippen LogP contribution in [0.2, 0.25) is 0 Å². The van der Waals surface area contributed by atoms with Crippen molar-refractivity contribution in [1.82, 2.24) is 15.1 Å². The topological polar surface area (TPSA) is 35.6 Å². The summed E-state index contributed by atoms with van der Waals surface area (Å²) in [5.41, 5.74) is 0.938. The first-order valence-corrected chi connectivity index (χ1v) is 10.1. The molecule has 6 heteroatoms. The van der Waals surface area contributed by atoms with Gasteiger partial charge in [0.25, 0.3) is 0 Å². The summed E-state index contributed by atoms with van der Waals surface area (Å²) < 4.78 is 13.1. The maximum Gasteiger partial charge on any atom is 0.237 e. The first-order chi connectivity index (χ1) is 12.7. The third-order valence-electron chi connectivity index (χ3n) is 4.65. The van der Waals surface area contributed by atoms with Crippen molar-refractivity contribution in [3.05, 3.63) is 58.0 Å². The Bertz CT molecular complexity index is 669. The van der Waals surface area contributed by atoms with Crippen molar-refractivity contribution in [3.8, 4) is 0 Å². The highest BCUT2D eigenvalue weighted by atomic mass is 32.1. The Labute approximate surface area is 158 Å². The molecule has 1 fully saturated rings. The van der Waals surface area contributed by atoms with Gasteiger partial charge in [-0.25, -0.2) is 4.39 Å². The van der Waals surface area contributed by atoms with E-state index in [2.05, 4.69) is 10.2 Å². The van der Waals surface area contributed by atoms with E-state index in [1.807, 2.05) is 22.4 Å². The molecule has 1 aromatic carbocycles. The summed E-state index contributed by atoms with van der Waals surface area (Å²) in [5.74, 6) is -0.183. The molecule has 0 spiro atoms. The molecule has 1 aromatic heterocycles. The average Bonchev–Trinajstić information content (AvgIpc) is 3.33. The van der Waals surface area contributed by atoms with Crippen molar-refractivity contribution in [2.75, 3.05) is 32.7 Å². The van der Waals surface area contributed by atoms with Crippen molar-refractivity contribution in [1.29, 1.82) is 0 Å². The number of thiophene rings is 1. The van der Waals surface area contributed by atoms with Crippen LogP contribution < -0.4 is 5.32 Å². The van der Waals surface area contributed by atoms with Crippen LogP contribution in [0.1, 0.15) is 23.3 Å². The molecule has 0 radical (unpaired) electrons. The quantitative estimate of drug-likeness (QED) is 0.684. The molecule has 1 aliphatic rings. The number of rotatable bonds is 9. The minimum atomic E-state index is -0.256. The summed E-state index contributed by atoms with van der Waals surface area (Å²) in [7, 11) is 0. The van der Waals surface area contributed by atoms with Gasteiger partial charge in [-0.05, 0) is 55.1 Å². The van der Waals surface area contributed by atoms with Gasteiger partial charge in [0.15, 0.2) is 0 Å². The zero-order chi connectivity index (χ0) is 18.2. The minimum Gasteiger partial charge on any atom is -0.332 e. The number of hydrogen-bond acceptors (Lipinski definition) is 4. The second-order valence-electron chi connectivity index (χ2n) is 6.68. The third kappa shape index (κ3) is 5.90.